The highest BCUT2D eigenvalue weighted by atomic mass is 32.1. The Balaban J connectivity index is 1.26. The van der Waals surface area contributed by atoms with E-state index in [1.54, 1.807) is 29.1 Å². The number of allylic oxidation sites excluding steroid dienone is 1. The average Bonchev–Trinajstić information content (AvgIpc) is 3.68. The number of benzene rings is 1. The summed E-state index contributed by atoms with van der Waals surface area (Å²) in [7, 11) is 0. The SMILES string of the molecule is C[C@]12Cc3cnn(-c4ccc(F)cc4)c3C=C1CC[C@H]1[C@@H]3CC[C@](OC(=O)c4ccco4)(C(=O)S)[C@@]3(C)C[C@H](O)[C@@]12F. The Morgan fingerprint density at radius 1 is 1.17 bits per heavy atom. The highest BCUT2D eigenvalue weighted by Crippen LogP contribution is 2.71. The highest BCUT2D eigenvalue weighted by molar-refractivity contribution is 7.96. The van der Waals surface area contributed by atoms with Crippen molar-refractivity contribution in [2.24, 2.45) is 22.7 Å². The molecule has 220 valence electrons. The summed E-state index contributed by atoms with van der Waals surface area (Å²) >= 11 is 4.19. The number of carbonyl (C=O) groups excluding carboxylic acids is 2. The number of hydrogen-bond acceptors (Lipinski definition) is 6. The van der Waals surface area contributed by atoms with Gasteiger partial charge < -0.3 is 14.3 Å². The minimum Gasteiger partial charge on any atom is -0.457 e. The molecular formula is C32H32F2N2O5S. The van der Waals surface area contributed by atoms with E-state index in [9.17, 15) is 19.1 Å². The molecule has 0 aliphatic heterocycles. The number of aliphatic hydroxyl groups excluding tert-OH is 1. The number of nitrogens with zero attached hydrogens (tertiary/aromatic N) is 2. The van der Waals surface area contributed by atoms with Crippen LogP contribution in [0.15, 0.2) is 58.8 Å². The van der Waals surface area contributed by atoms with Gasteiger partial charge in [0.15, 0.2) is 5.60 Å². The summed E-state index contributed by atoms with van der Waals surface area (Å²) in [6.45, 7) is 3.72. The summed E-state index contributed by atoms with van der Waals surface area (Å²) in [6.07, 6.45) is 5.63. The predicted molar refractivity (Wildman–Crippen MR) is 152 cm³/mol. The summed E-state index contributed by atoms with van der Waals surface area (Å²) in [6, 6.07) is 9.08. The van der Waals surface area contributed by atoms with Crippen molar-refractivity contribution in [3.63, 3.8) is 0 Å². The van der Waals surface area contributed by atoms with E-state index in [-0.39, 0.29) is 30.3 Å². The second-order valence-electron chi connectivity index (χ2n) is 12.8. The Bertz CT molecular complexity index is 1620. The Kier molecular flexibility index (Phi) is 6.00. The molecule has 1 N–H and O–H groups in total. The van der Waals surface area contributed by atoms with Gasteiger partial charge in [0.2, 0.25) is 10.9 Å². The van der Waals surface area contributed by atoms with Crippen LogP contribution in [-0.4, -0.2) is 43.3 Å². The summed E-state index contributed by atoms with van der Waals surface area (Å²) in [5.41, 5.74) is -2.37. The normalized spacial score (nSPS) is 36.7. The zero-order valence-corrected chi connectivity index (χ0v) is 24.2. The molecule has 42 heavy (non-hydrogen) atoms. The van der Waals surface area contributed by atoms with Crippen LogP contribution in [0.2, 0.25) is 0 Å². The minimum absolute atomic E-state index is 0.0358. The third kappa shape index (κ3) is 3.45. The predicted octanol–water partition coefficient (Wildman–Crippen LogP) is 5.90. The van der Waals surface area contributed by atoms with E-state index >= 15 is 4.39 Å². The van der Waals surface area contributed by atoms with Gasteiger partial charge in [-0.1, -0.05) is 19.4 Å². The molecule has 0 bridgehead atoms. The molecule has 3 aromatic rings. The van der Waals surface area contributed by atoms with Gasteiger partial charge in [-0.3, -0.25) is 4.79 Å². The third-order valence-corrected chi connectivity index (χ3v) is 11.5. The largest absolute Gasteiger partial charge is 0.457 e. The van der Waals surface area contributed by atoms with Crippen molar-refractivity contribution in [1.82, 2.24) is 9.78 Å². The van der Waals surface area contributed by atoms with Crippen molar-refractivity contribution in [1.29, 1.82) is 0 Å². The van der Waals surface area contributed by atoms with Gasteiger partial charge in [0.05, 0.1) is 29.9 Å². The second-order valence-corrected chi connectivity index (χ2v) is 13.2. The topological polar surface area (TPSA) is 94.6 Å². The number of furan rings is 1. The maximum absolute atomic E-state index is 18.0. The third-order valence-electron chi connectivity index (χ3n) is 11.1. The highest BCUT2D eigenvalue weighted by Gasteiger charge is 2.75. The first kappa shape index (κ1) is 27.6. The summed E-state index contributed by atoms with van der Waals surface area (Å²) in [5.74, 6) is -2.05. The van der Waals surface area contributed by atoms with Crippen molar-refractivity contribution in [2.45, 2.75) is 69.7 Å². The van der Waals surface area contributed by atoms with Crippen LogP contribution in [0.25, 0.3) is 11.8 Å². The van der Waals surface area contributed by atoms with Crippen LogP contribution in [-0.2, 0) is 16.0 Å². The number of esters is 1. The van der Waals surface area contributed by atoms with Crippen LogP contribution in [0.4, 0.5) is 8.78 Å². The number of hydrogen-bond donors (Lipinski definition) is 2. The van der Waals surface area contributed by atoms with Crippen LogP contribution in [0.1, 0.15) is 67.8 Å². The molecule has 0 spiro atoms. The Morgan fingerprint density at radius 2 is 1.93 bits per heavy atom. The molecule has 7 nitrogen and oxygen atoms in total. The van der Waals surface area contributed by atoms with Crippen molar-refractivity contribution in [3.05, 3.63) is 77.3 Å². The lowest BCUT2D eigenvalue weighted by Gasteiger charge is -2.63. The van der Waals surface area contributed by atoms with Crippen LogP contribution >= 0.6 is 12.6 Å². The first-order chi connectivity index (χ1) is 19.9. The van der Waals surface area contributed by atoms with Gasteiger partial charge in [0.25, 0.3) is 0 Å². The van der Waals surface area contributed by atoms with Crippen molar-refractivity contribution in [2.75, 3.05) is 0 Å². The van der Waals surface area contributed by atoms with Crippen molar-refractivity contribution < 1.29 is 32.6 Å². The number of carbonyl (C=O) groups is 2. The molecule has 2 aromatic heterocycles. The second kappa shape index (κ2) is 9.13. The molecule has 7 atom stereocenters. The van der Waals surface area contributed by atoms with Crippen LogP contribution in [0, 0.1) is 28.5 Å². The van der Waals surface area contributed by atoms with E-state index in [1.165, 1.54) is 24.5 Å². The van der Waals surface area contributed by atoms with Crippen LogP contribution in [0.3, 0.4) is 0 Å². The quantitative estimate of drug-likeness (QED) is 0.289. The van der Waals surface area contributed by atoms with Gasteiger partial charge in [0.1, 0.15) is 11.5 Å². The molecule has 4 aliphatic rings. The lowest BCUT2D eigenvalue weighted by Crippen LogP contribution is -2.69. The zero-order chi connectivity index (χ0) is 29.7. The van der Waals surface area contributed by atoms with E-state index in [1.807, 2.05) is 19.9 Å². The molecule has 0 unspecified atom stereocenters. The number of aromatic nitrogens is 2. The van der Waals surface area contributed by atoms with E-state index < -0.39 is 45.2 Å². The van der Waals surface area contributed by atoms with Gasteiger partial charge in [-0.15, -0.1) is 12.6 Å². The van der Waals surface area contributed by atoms with E-state index in [2.05, 4.69) is 17.7 Å². The molecule has 10 heteroatoms. The van der Waals surface area contributed by atoms with Gasteiger partial charge in [-0.2, -0.15) is 5.10 Å². The summed E-state index contributed by atoms with van der Waals surface area (Å²) in [5, 5.41) is 15.8. The van der Waals surface area contributed by atoms with E-state index in [0.717, 1.165) is 16.8 Å². The number of rotatable bonds is 4. The van der Waals surface area contributed by atoms with Gasteiger partial charge in [-0.05, 0) is 92.5 Å². The molecule has 1 aromatic carbocycles. The minimum atomic E-state index is -1.99. The molecular weight excluding hydrogens is 562 g/mol. The molecule has 7 rings (SSSR count). The Hall–Kier alpha value is -3.24. The number of fused-ring (bicyclic) bond motifs is 6. The Labute approximate surface area is 247 Å². The average molecular weight is 595 g/mol. The van der Waals surface area contributed by atoms with Crippen LogP contribution in [0.5, 0.6) is 0 Å². The lowest BCUT2D eigenvalue weighted by molar-refractivity contribution is -0.222. The fourth-order valence-electron chi connectivity index (χ4n) is 9.00. The molecule has 0 radical (unpaired) electrons. The smallest absolute Gasteiger partial charge is 0.375 e. The number of thiol groups is 1. The molecule has 2 heterocycles. The summed E-state index contributed by atoms with van der Waals surface area (Å²) < 4.78 is 44.4. The number of alkyl halides is 1. The molecule has 0 amide bonds. The zero-order valence-electron chi connectivity index (χ0n) is 23.3. The maximum Gasteiger partial charge on any atom is 0.375 e. The van der Waals surface area contributed by atoms with Gasteiger partial charge in [-0.25, -0.2) is 18.3 Å². The van der Waals surface area contributed by atoms with E-state index in [0.29, 0.717) is 31.4 Å². The van der Waals surface area contributed by atoms with Gasteiger partial charge >= 0.3 is 5.97 Å². The standard InChI is InChI=1S/C32H32F2N2O5S/c1-29-15-18-17-35-36(21-8-6-20(33)7-9-21)24(18)14-19(29)5-10-23-22-11-12-31(28(39)42,41-27(38)25-4-3-13-40-25)30(22,2)16-26(37)32(23,29)34/h3-4,6-9,13-14,17,22-23,26,37H,5,10-12,15-16H2,1-2H3,(H,39,42)/t22-,23-,26-,29-,30-,31-,32-/m0/s1. The number of ether oxygens (including phenoxy) is 1. The monoisotopic (exact) mass is 594 g/mol. The maximum atomic E-state index is 18.0. The van der Waals surface area contributed by atoms with E-state index in [4.69, 9.17) is 9.15 Å². The van der Waals surface area contributed by atoms with Crippen LogP contribution < -0.4 is 0 Å². The lowest BCUT2D eigenvalue weighted by atomic mass is 9.44. The Morgan fingerprint density at radius 3 is 2.62 bits per heavy atom. The molecule has 3 saturated carbocycles. The molecule has 4 aliphatic carbocycles. The molecule has 3 fully saturated rings. The summed E-state index contributed by atoms with van der Waals surface area (Å²) in [4.78, 5) is 26.2. The fourth-order valence-corrected chi connectivity index (χ4v) is 9.41. The first-order valence-electron chi connectivity index (χ1n) is 14.4. The van der Waals surface area contributed by atoms with Gasteiger partial charge in [0, 0.05) is 16.7 Å². The molecule has 0 saturated heterocycles. The first-order valence-corrected chi connectivity index (χ1v) is 14.8. The van der Waals surface area contributed by atoms with Crippen molar-refractivity contribution >= 4 is 29.8 Å². The fraction of sp³-hybridized carbons (Fsp3) is 0.469. The number of aliphatic hydroxyl groups is 1. The van der Waals surface area contributed by atoms with Crippen molar-refractivity contribution in [3.8, 4) is 5.69 Å². The number of halogens is 2.